The lowest BCUT2D eigenvalue weighted by molar-refractivity contribution is -0.0592. The molecule has 6 nitrogen and oxygen atoms in total. The normalized spacial score (nSPS) is 21.4. The number of hydrogen-bond acceptors (Lipinski definition) is 5. The lowest BCUT2D eigenvalue weighted by atomic mass is 9.67. The van der Waals surface area contributed by atoms with Gasteiger partial charge in [0, 0.05) is 43.2 Å². The first-order valence-electron chi connectivity index (χ1n) is 11.2. The summed E-state index contributed by atoms with van der Waals surface area (Å²) in [4.78, 5) is 28.2. The Morgan fingerprint density at radius 2 is 1.84 bits per heavy atom. The fourth-order valence-corrected chi connectivity index (χ4v) is 5.30. The van der Waals surface area contributed by atoms with Crippen molar-refractivity contribution in [1.29, 1.82) is 0 Å². The van der Waals surface area contributed by atoms with E-state index < -0.39 is 11.6 Å². The molecule has 7 heteroatoms. The van der Waals surface area contributed by atoms with E-state index >= 15 is 0 Å². The number of methoxy groups -OCH3 is 1. The van der Waals surface area contributed by atoms with Crippen LogP contribution in [0.15, 0.2) is 12.1 Å². The zero-order valence-corrected chi connectivity index (χ0v) is 19.0. The molecular weight excluding hydrogens is 399 g/mol. The van der Waals surface area contributed by atoms with Crippen LogP contribution in [0.1, 0.15) is 67.9 Å². The van der Waals surface area contributed by atoms with Gasteiger partial charge in [-0.15, -0.1) is 0 Å². The van der Waals surface area contributed by atoms with Crippen LogP contribution in [0.5, 0.6) is 0 Å². The highest BCUT2D eigenvalue weighted by molar-refractivity contribution is 5.89. The number of carbonyl (C=O) groups is 2. The Hall–Kier alpha value is -2.15. The molecule has 1 amide bonds. The standard InChI is InChI=1S/C24H33FN2O4/c1-23(2,3)31-22(29)27-14-24(15-27)8-5-18(6-9-24)26-10-7-16-11-17(21(28)30-4)12-20(25)19(16)13-26/h11-12,18H,5-10,13-15H2,1-4H3. The van der Waals surface area contributed by atoms with Gasteiger partial charge in [-0.2, -0.15) is 0 Å². The Bertz CT molecular complexity index is 863. The van der Waals surface area contributed by atoms with Crippen molar-refractivity contribution >= 4 is 12.1 Å². The van der Waals surface area contributed by atoms with Crippen molar-refractivity contribution in [3.63, 3.8) is 0 Å². The summed E-state index contributed by atoms with van der Waals surface area (Å²) in [6.07, 6.45) is 4.84. The molecule has 2 aliphatic heterocycles. The Kier molecular flexibility index (Phi) is 5.75. The van der Waals surface area contributed by atoms with Crippen molar-refractivity contribution in [3.8, 4) is 0 Å². The Morgan fingerprint density at radius 3 is 2.45 bits per heavy atom. The first-order valence-corrected chi connectivity index (χ1v) is 11.2. The summed E-state index contributed by atoms with van der Waals surface area (Å²) in [6.45, 7) is 8.69. The van der Waals surface area contributed by atoms with Crippen molar-refractivity contribution < 1.29 is 23.5 Å². The van der Waals surface area contributed by atoms with Gasteiger partial charge in [-0.3, -0.25) is 4.90 Å². The second kappa shape index (κ2) is 8.08. The maximum atomic E-state index is 14.7. The van der Waals surface area contributed by atoms with Gasteiger partial charge in [-0.05, 0) is 70.6 Å². The molecule has 2 fully saturated rings. The average molecular weight is 433 g/mol. The fraction of sp³-hybridized carbons (Fsp3) is 0.667. The van der Waals surface area contributed by atoms with Crippen LogP contribution in [0.25, 0.3) is 0 Å². The number of esters is 1. The Morgan fingerprint density at radius 1 is 1.16 bits per heavy atom. The summed E-state index contributed by atoms with van der Waals surface area (Å²) < 4.78 is 24.9. The van der Waals surface area contributed by atoms with Crippen molar-refractivity contribution in [3.05, 3.63) is 34.6 Å². The number of likely N-dealkylation sites (tertiary alicyclic amines) is 1. The van der Waals surface area contributed by atoms with Crippen molar-refractivity contribution in [2.75, 3.05) is 26.7 Å². The number of carbonyl (C=O) groups excluding carboxylic acids is 2. The van der Waals surface area contributed by atoms with Gasteiger partial charge in [0.05, 0.1) is 12.7 Å². The summed E-state index contributed by atoms with van der Waals surface area (Å²) in [5, 5.41) is 0. The fourth-order valence-electron chi connectivity index (χ4n) is 5.30. The molecule has 170 valence electrons. The van der Waals surface area contributed by atoms with Crippen LogP contribution >= 0.6 is 0 Å². The predicted octanol–water partition coefficient (Wildman–Crippen LogP) is 4.15. The maximum Gasteiger partial charge on any atom is 0.410 e. The molecule has 3 aliphatic rings. The van der Waals surface area contributed by atoms with Crippen LogP contribution < -0.4 is 0 Å². The second-order valence-corrected chi connectivity index (χ2v) is 10.4. The molecule has 2 heterocycles. The molecule has 1 saturated heterocycles. The van der Waals surface area contributed by atoms with Gasteiger partial charge in [0.25, 0.3) is 0 Å². The number of nitrogens with zero attached hydrogens (tertiary/aromatic N) is 2. The lowest BCUT2D eigenvalue weighted by Gasteiger charge is -2.54. The van der Waals surface area contributed by atoms with E-state index in [1.807, 2.05) is 25.7 Å². The molecule has 1 aromatic carbocycles. The zero-order chi connectivity index (χ0) is 22.4. The van der Waals surface area contributed by atoms with Crippen LogP contribution in [0, 0.1) is 11.2 Å². The second-order valence-electron chi connectivity index (χ2n) is 10.4. The zero-order valence-electron chi connectivity index (χ0n) is 19.0. The molecule has 0 bridgehead atoms. The van der Waals surface area contributed by atoms with Gasteiger partial charge in [0.1, 0.15) is 11.4 Å². The molecule has 1 aliphatic carbocycles. The van der Waals surface area contributed by atoms with Gasteiger partial charge in [0.15, 0.2) is 0 Å². The highest BCUT2D eigenvalue weighted by atomic mass is 19.1. The van der Waals surface area contributed by atoms with E-state index in [9.17, 15) is 14.0 Å². The van der Waals surface area contributed by atoms with E-state index in [2.05, 4.69) is 4.90 Å². The van der Waals surface area contributed by atoms with Crippen LogP contribution in [-0.4, -0.2) is 60.2 Å². The first-order chi connectivity index (χ1) is 14.6. The minimum absolute atomic E-state index is 0.213. The molecule has 31 heavy (non-hydrogen) atoms. The highest BCUT2D eigenvalue weighted by Gasteiger charge is 2.48. The largest absolute Gasteiger partial charge is 0.465 e. The summed E-state index contributed by atoms with van der Waals surface area (Å²) in [5.74, 6) is -0.815. The molecule has 1 aromatic rings. The lowest BCUT2D eigenvalue weighted by Crippen LogP contribution is -2.61. The molecule has 1 saturated carbocycles. The molecule has 0 N–H and O–H groups in total. The molecule has 1 spiro atoms. The number of ether oxygens (including phenoxy) is 2. The summed E-state index contributed by atoms with van der Waals surface area (Å²) in [7, 11) is 1.31. The highest BCUT2D eigenvalue weighted by Crippen LogP contribution is 2.45. The predicted molar refractivity (Wildman–Crippen MR) is 114 cm³/mol. The van der Waals surface area contributed by atoms with Gasteiger partial charge in [-0.1, -0.05) is 0 Å². The van der Waals surface area contributed by atoms with Crippen molar-refractivity contribution in [2.24, 2.45) is 5.41 Å². The van der Waals surface area contributed by atoms with Crippen LogP contribution in [0.2, 0.25) is 0 Å². The average Bonchev–Trinajstić information content (AvgIpc) is 2.70. The van der Waals surface area contributed by atoms with Gasteiger partial charge >= 0.3 is 12.1 Å². The molecule has 0 radical (unpaired) electrons. The first kappa shape index (κ1) is 22.1. The molecule has 0 aromatic heterocycles. The van der Waals surface area contributed by atoms with Gasteiger partial charge in [-0.25, -0.2) is 14.0 Å². The minimum atomic E-state index is -0.498. The third kappa shape index (κ3) is 4.56. The SMILES string of the molecule is COC(=O)c1cc(F)c2c(c1)CCN(C1CCC3(CC1)CN(C(=O)OC(C)(C)C)C3)C2. The summed E-state index contributed by atoms with van der Waals surface area (Å²) >= 11 is 0. The number of benzene rings is 1. The number of amides is 1. The van der Waals surface area contributed by atoms with E-state index in [1.54, 1.807) is 6.07 Å². The topological polar surface area (TPSA) is 59.1 Å². The van der Waals surface area contributed by atoms with Crippen LogP contribution in [-0.2, 0) is 22.4 Å². The smallest absolute Gasteiger partial charge is 0.410 e. The summed E-state index contributed by atoms with van der Waals surface area (Å²) in [6, 6.07) is 3.51. The van der Waals surface area contributed by atoms with Gasteiger partial charge < -0.3 is 14.4 Å². The third-order valence-electron chi connectivity index (χ3n) is 6.97. The maximum absolute atomic E-state index is 14.7. The molecular formula is C24H33FN2O4. The molecule has 4 rings (SSSR count). The summed E-state index contributed by atoms with van der Waals surface area (Å²) in [5.41, 5.74) is 1.66. The number of fused-ring (bicyclic) bond motifs is 1. The van der Waals surface area contributed by atoms with E-state index in [4.69, 9.17) is 9.47 Å². The Labute approximate surface area is 183 Å². The van der Waals surface area contributed by atoms with Crippen molar-refractivity contribution in [2.45, 2.75) is 71.1 Å². The van der Waals surface area contributed by atoms with Crippen molar-refractivity contribution in [1.82, 2.24) is 9.80 Å². The number of rotatable bonds is 2. The van der Waals surface area contributed by atoms with E-state index in [-0.39, 0.29) is 22.9 Å². The van der Waals surface area contributed by atoms with E-state index in [0.717, 1.165) is 57.3 Å². The quantitative estimate of drug-likeness (QED) is 0.657. The molecule has 0 atom stereocenters. The van der Waals surface area contributed by atoms with Crippen LogP contribution in [0.4, 0.5) is 9.18 Å². The minimum Gasteiger partial charge on any atom is -0.465 e. The number of halogens is 1. The monoisotopic (exact) mass is 432 g/mol. The van der Waals surface area contributed by atoms with E-state index in [1.165, 1.54) is 13.2 Å². The van der Waals surface area contributed by atoms with E-state index in [0.29, 0.717) is 18.2 Å². The van der Waals surface area contributed by atoms with Crippen LogP contribution in [0.3, 0.4) is 0 Å². The third-order valence-corrected chi connectivity index (χ3v) is 6.97. The Balaban J connectivity index is 1.32. The van der Waals surface area contributed by atoms with Gasteiger partial charge in [0.2, 0.25) is 0 Å². The number of hydrogen-bond donors (Lipinski definition) is 0. The molecule has 0 unspecified atom stereocenters.